The van der Waals surface area contributed by atoms with Gasteiger partial charge in [-0.15, -0.1) is 0 Å². The van der Waals surface area contributed by atoms with Crippen LogP contribution in [0.1, 0.15) is 42.1 Å². The van der Waals surface area contributed by atoms with E-state index < -0.39 is 0 Å². The molecule has 0 saturated carbocycles. The average molecular weight is 226 g/mol. The van der Waals surface area contributed by atoms with Gasteiger partial charge in [-0.3, -0.25) is 4.79 Å². The Balaban J connectivity index is 2.96. The predicted molar refractivity (Wildman–Crippen MR) is 63.5 cm³/mol. The van der Waals surface area contributed by atoms with Crippen LogP contribution < -0.4 is 5.73 Å². The quantitative estimate of drug-likeness (QED) is 0.801. The van der Waals surface area contributed by atoms with Gasteiger partial charge >= 0.3 is 0 Å². The molecule has 0 bridgehead atoms. The molecule has 0 aromatic heterocycles. The lowest BCUT2D eigenvalue weighted by Crippen LogP contribution is -2.08. The molecule has 0 spiro atoms. The number of ketones is 1. The van der Waals surface area contributed by atoms with Crippen LogP contribution in [0.4, 0.5) is 0 Å². The number of hydrogen-bond donors (Lipinski definition) is 1. The van der Waals surface area contributed by atoms with E-state index in [4.69, 9.17) is 17.3 Å². The molecule has 0 unspecified atom stereocenters. The molecule has 2 N–H and O–H groups in total. The topological polar surface area (TPSA) is 43.1 Å². The third-order valence-corrected chi connectivity index (χ3v) is 2.64. The van der Waals surface area contributed by atoms with E-state index in [0.29, 0.717) is 29.5 Å². The fourth-order valence-corrected chi connectivity index (χ4v) is 1.84. The molecule has 15 heavy (non-hydrogen) atoms. The number of rotatable bonds is 4. The van der Waals surface area contributed by atoms with Crippen LogP contribution in [0.2, 0.25) is 5.02 Å². The highest BCUT2D eigenvalue weighted by Crippen LogP contribution is 2.25. The van der Waals surface area contributed by atoms with Crippen LogP contribution in [0.15, 0.2) is 18.2 Å². The van der Waals surface area contributed by atoms with E-state index in [-0.39, 0.29) is 5.78 Å². The van der Waals surface area contributed by atoms with Crippen molar-refractivity contribution in [1.82, 2.24) is 0 Å². The first-order valence-electron chi connectivity index (χ1n) is 5.09. The fraction of sp³-hybridized carbons (Fsp3) is 0.417. The van der Waals surface area contributed by atoms with E-state index >= 15 is 0 Å². The standard InChI is InChI=1S/C12H16ClNO/c1-8(2)10-4-3-9(7-11(10)13)12(15)5-6-14/h3-4,7-8H,5-6,14H2,1-2H3. The maximum absolute atomic E-state index is 11.5. The van der Waals surface area contributed by atoms with Crippen LogP contribution in [0.25, 0.3) is 0 Å². The number of benzene rings is 1. The summed E-state index contributed by atoms with van der Waals surface area (Å²) in [6.07, 6.45) is 0.372. The van der Waals surface area contributed by atoms with Crippen LogP contribution in [0.3, 0.4) is 0 Å². The molecular formula is C12H16ClNO. The molecule has 0 radical (unpaired) electrons. The van der Waals surface area contributed by atoms with Gasteiger partial charge in [0.15, 0.2) is 5.78 Å². The fourth-order valence-electron chi connectivity index (χ4n) is 1.44. The minimum Gasteiger partial charge on any atom is -0.330 e. The molecule has 0 fully saturated rings. The molecule has 1 rings (SSSR count). The Morgan fingerprint density at radius 2 is 2.13 bits per heavy atom. The second-order valence-corrected chi connectivity index (χ2v) is 4.26. The van der Waals surface area contributed by atoms with E-state index in [1.165, 1.54) is 0 Å². The highest BCUT2D eigenvalue weighted by Gasteiger charge is 2.09. The first-order valence-corrected chi connectivity index (χ1v) is 5.46. The monoisotopic (exact) mass is 225 g/mol. The van der Waals surface area contributed by atoms with Crippen molar-refractivity contribution in [2.45, 2.75) is 26.2 Å². The predicted octanol–water partition coefficient (Wildman–Crippen LogP) is 2.99. The van der Waals surface area contributed by atoms with Gasteiger partial charge in [-0.2, -0.15) is 0 Å². The lowest BCUT2D eigenvalue weighted by molar-refractivity contribution is 0.0985. The van der Waals surface area contributed by atoms with Gasteiger partial charge in [0.2, 0.25) is 0 Å². The molecule has 0 heterocycles. The van der Waals surface area contributed by atoms with Crippen LogP contribution >= 0.6 is 11.6 Å². The van der Waals surface area contributed by atoms with E-state index in [1.807, 2.05) is 12.1 Å². The summed E-state index contributed by atoms with van der Waals surface area (Å²) in [7, 11) is 0. The van der Waals surface area contributed by atoms with Gasteiger partial charge in [-0.1, -0.05) is 37.6 Å². The largest absolute Gasteiger partial charge is 0.330 e. The molecule has 0 aliphatic rings. The first-order chi connectivity index (χ1) is 7.06. The Kier molecular flexibility index (Phi) is 4.30. The van der Waals surface area contributed by atoms with Crippen LogP contribution in [-0.2, 0) is 0 Å². The van der Waals surface area contributed by atoms with Crippen LogP contribution in [0.5, 0.6) is 0 Å². The van der Waals surface area contributed by atoms with Crippen molar-refractivity contribution in [3.8, 4) is 0 Å². The van der Waals surface area contributed by atoms with E-state index in [0.717, 1.165) is 5.56 Å². The maximum atomic E-state index is 11.5. The molecule has 0 aliphatic carbocycles. The van der Waals surface area contributed by atoms with Crippen LogP contribution in [-0.4, -0.2) is 12.3 Å². The molecule has 3 heteroatoms. The highest BCUT2D eigenvalue weighted by atomic mass is 35.5. The van der Waals surface area contributed by atoms with Crippen molar-refractivity contribution in [3.63, 3.8) is 0 Å². The SMILES string of the molecule is CC(C)c1ccc(C(=O)CCN)cc1Cl. The van der Waals surface area contributed by atoms with Crippen molar-refractivity contribution in [2.24, 2.45) is 5.73 Å². The second-order valence-electron chi connectivity index (χ2n) is 3.85. The zero-order valence-corrected chi connectivity index (χ0v) is 9.84. The van der Waals surface area contributed by atoms with Gasteiger partial charge in [0.1, 0.15) is 0 Å². The molecule has 0 amide bonds. The summed E-state index contributed by atoms with van der Waals surface area (Å²) < 4.78 is 0. The molecule has 1 aromatic carbocycles. The third-order valence-electron chi connectivity index (χ3n) is 2.32. The summed E-state index contributed by atoms with van der Waals surface area (Å²) in [6.45, 7) is 4.52. The minimum atomic E-state index is 0.0507. The molecular weight excluding hydrogens is 210 g/mol. The zero-order chi connectivity index (χ0) is 11.4. The minimum absolute atomic E-state index is 0.0507. The smallest absolute Gasteiger partial charge is 0.164 e. The van der Waals surface area contributed by atoms with Crippen molar-refractivity contribution in [2.75, 3.05) is 6.54 Å². The van der Waals surface area contributed by atoms with Gasteiger partial charge < -0.3 is 5.73 Å². The van der Waals surface area contributed by atoms with Gasteiger partial charge in [0, 0.05) is 17.0 Å². The van der Waals surface area contributed by atoms with Gasteiger partial charge in [-0.05, 0) is 24.1 Å². The number of Topliss-reactive ketones (excluding diaryl/α,β-unsaturated/α-hetero) is 1. The number of halogens is 1. The average Bonchev–Trinajstić information content (AvgIpc) is 2.17. The molecule has 2 nitrogen and oxygen atoms in total. The second kappa shape index (κ2) is 5.29. The summed E-state index contributed by atoms with van der Waals surface area (Å²) in [6, 6.07) is 5.46. The molecule has 0 saturated heterocycles. The Bertz CT molecular complexity index is 361. The Hall–Kier alpha value is -0.860. The Labute approximate surface area is 95.4 Å². The van der Waals surface area contributed by atoms with Gasteiger partial charge in [0.05, 0.1) is 0 Å². The van der Waals surface area contributed by atoms with Gasteiger partial charge in [0.25, 0.3) is 0 Å². The lowest BCUT2D eigenvalue weighted by Gasteiger charge is -2.09. The molecule has 1 aromatic rings. The number of carbonyl (C=O) groups excluding carboxylic acids is 1. The Morgan fingerprint density at radius 3 is 2.60 bits per heavy atom. The normalized spacial score (nSPS) is 10.7. The lowest BCUT2D eigenvalue weighted by atomic mass is 9.99. The van der Waals surface area contributed by atoms with Crippen molar-refractivity contribution in [3.05, 3.63) is 34.3 Å². The molecule has 82 valence electrons. The third kappa shape index (κ3) is 3.05. The summed E-state index contributed by atoms with van der Waals surface area (Å²) in [5.74, 6) is 0.422. The molecule has 0 aliphatic heterocycles. The number of hydrogen-bond acceptors (Lipinski definition) is 2. The summed E-state index contributed by atoms with van der Waals surface area (Å²) in [5.41, 5.74) is 7.05. The summed E-state index contributed by atoms with van der Waals surface area (Å²) in [5, 5.41) is 0.660. The zero-order valence-electron chi connectivity index (χ0n) is 9.09. The number of carbonyl (C=O) groups is 1. The van der Waals surface area contributed by atoms with Crippen molar-refractivity contribution < 1.29 is 4.79 Å². The van der Waals surface area contributed by atoms with E-state index in [1.54, 1.807) is 6.07 Å². The van der Waals surface area contributed by atoms with Crippen LogP contribution in [0, 0.1) is 0 Å². The highest BCUT2D eigenvalue weighted by molar-refractivity contribution is 6.31. The van der Waals surface area contributed by atoms with E-state index in [9.17, 15) is 4.79 Å². The first kappa shape index (κ1) is 12.2. The number of nitrogens with two attached hydrogens (primary N) is 1. The van der Waals surface area contributed by atoms with Crippen molar-refractivity contribution >= 4 is 17.4 Å². The van der Waals surface area contributed by atoms with Gasteiger partial charge in [-0.25, -0.2) is 0 Å². The van der Waals surface area contributed by atoms with E-state index in [2.05, 4.69) is 13.8 Å². The maximum Gasteiger partial charge on any atom is 0.164 e. The molecule has 0 atom stereocenters. The summed E-state index contributed by atoms with van der Waals surface area (Å²) >= 11 is 6.09. The summed E-state index contributed by atoms with van der Waals surface area (Å²) in [4.78, 5) is 11.5. The Morgan fingerprint density at radius 1 is 1.47 bits per heavy atom. The van der Waals surface area contributed by atoms with Crippen molar-refractivity contribution in [1.29, 1.82) is 0 Å².